The number of nitrogens with zero attached hydrogens (tertiary/aromatic N) is 1. The smallest absolute Gasteiger partial charge is 0.308 e. The number of fused-ring (bicyclic) bond motifs is 1. The van der Waals surface area contributed by atoms with Gasteiger partial charge >= 0.3 is 5.97 Å². The van der Waals surface area contributed by atoms with E-state index in [0.717, 1.165) is 28.1 Å². The van der Waals surface area contributed by atoms with Gasteiger partial charge in [0.05, 0.1) is 18.6 Å². The molecule has 0 spiro atoms. The van der Waals surface area contributed by atoms with Gasteiger partial charge in [0.1, 0.15) is 0 Å². The van der Waals surface area contributed by atoms with Crippen molar-refractivity contribution in [3.63, 3.8) is 0 Å². The van der Waals surface area contributed by atoms with E-state index in [0.29, 0.717) is 16.2 Å². The SMILES string of the molecule is COc1cc(/C=C2\SC(=O)N(Cc3cccc4ccccc34)C2=O)ccc1OC(C)=O. The van der Waals surface area contributed by atoms with Crippen LogP contribution in [0.1, 0.15) is 18.1 Å². The Kier molecular flexibility index (Phi) is 5.77. The zero-order valence-corrected chi connectivity index (χ0v) is 17.8. The van der Waals surface area contributed by atoms with Crippen LogP contribution in [0.3, 0.4) is 0 Å². The van der Waals surface area contributed by atoms with E-state index in [2.05, 4.69) is 0 Å². The van der Waals surface area contributed by atoms with Crippen molar-refractivity contribution in [2.24, 2.45) is 0 Å². The van der Waals surface area contributed by atoms with E-state index < -0.39 is 5.97 Å². The van der Waals surface area contributed by atoms with E-state index in [1.807, 2.05) is 42.5 Å². The van der Waals surface area contributed by atoms with E-state index in [4.69, 9.17) is 9.47 Å². The second-order valence-corrected chi connectivity index (χ2v) is 7.90. The summed E-state index contributed by atoms with van der Waals surface area (Å²) >= 11 is 0.902. The molecule has 1 fully saturated rings. The summed E-state index contributed by atoms with van der Waals surface area (Å²) in [5, 5.41) is 1.76. The van der Waals surface area contributed by atoms with Crippen LogP contribution in [-0.2, 0) is 16.1 Å². The highest BCUT2D eigenvalue weighted by atomic mass is 32.2. The van der Waals surface area contributed by atoms with E-state index in [1.165, 1.54) is 18.9 Å². The van der Waals surface area contributed by atoms with Crippen LogP contribution in [0.25, 0.3) is 16.8 Å². The van der Waals surface area contributed by atoms with Crippen LogP contribution in [-0.4, -0.2) is 29.1 Å². The average molecular weight is 433 g/mol. The molecule has 3 aromatic rings. The first-order valence-electron chi connectivity index (χ1n) is 9.54. The van der Waals surface area contributed by atoms with Crippen molar-refractivity contribution in [2.45, 2.75) is 13.5 Å². The van der Waals surface area contributed by atoms with Gasteiger partial charge in [0.15, 0.2) is 11.5 Å². The van der Waals surface area contributed by atoms with Crippen molar-refractivity contribution in [2.75, 3.05) is 7.11 Å². The third-order valence-electron chi connectivity index (χ3n) is 4.82. The molecule has 0 bridgehead atoms. The topological polar surface area (TPSA) is 72.9 Å². The molecule has 0 saturated carbocycles. The van der Waals surface area contributed by atoms with Crippen LogP contribution in [0, 0.1) is 0 Å². The Hall–Kier alpha value is -3.58. The van der Waals surface area contributed by atoms with Gasteiger partial charge in [-0.15, -0.1) is 0 Å². The number of benzene rings is 3. The normalized spacial score (nSPS) is 15.0. The molecule has 6 nitrogen and oxygen atoms in total. The largest absolute Gasteiger partial charge is 0.493 e. The third-order valence-corrected chi connectivity index (χ3v) is 5.73. The van der Waals surface area contributed by atoms with Crippen LogP contribution in [0.4, 0.5) is 4.79 Å². The van der Waals surface area contributed by atoms with Gasteiger partial charge in [-0.3, -0.25) is 19.3 Å². The Morgan fingerprint density at radius 1 is 1.03 bits per heavy atom. The van der Waals surface area contributed by atoms with Gasteiger partial charge in [-0.2, -0.15) is 0 Å². The standard InChI is InChI=1S/C24H19NO5S/c1-15(26)30-20-11-10-16(12-21(20)29-2)13-22-23(27)25(24(28)31-22)14-18-8-5-7-17-6-3-4-9-19(17)18/h3-13H,14H2,1-2H3/b22-13-. The van der Waals surface area contributed by atoms with Crippen molar-refractivity contribution in [3.8, 4) is 11.5 Å². The molecule has 0 unspecified atom stereocenters. The van der Waals surface area contributed by atoms with Gasteiger partial charge in [0.25, 0.3) is 11.1 Å². The molecule has 156 valence electrons. The Morgan fingerprint density at radius 2 is 1.81 bits per heavy atom. The number of amides is 2. The number of hydrogen-bond donors (Lipinski definition) is 0. The minimum absolute atomic E-state index is 0.206. The molecule has 0 N–H and O–H groups in total. The van der Waals surface area contributed by atoms with Gasteiger partial charge in [-0.25, -0.2) is 0 Å². The van der Waals surface area contributed by atoms with E-state index in [9.17, 15) is 14.4 Å². The summed E-state index contributed by atoms with van der Waals surface area (Å²) < 4.78 is 10.4. The Labute approximate surface area is 183 Å². The van der Waals surface area contributed by atoms with Gasteiger partial charge in [-0.05, 0) is 51.9 Å². The summed E-state index contributed by atoms with van der Waals surface area (Å²) in [6.07, 6.45) is 1.63. The third kappa shape index (κ3) is 4.32. The summed E-state index contributed by atoms with van der Waals surface area (Å²) in [6, 6.07) is 18.7. The van der Waals surface area contributed by atoms with Crippen LogP contribution in [0.2, 0.25) is 0 Å². The van der Waals surface area contributed by atoms with E-state index in [1.54, 1.807) is 24.3 Å². The lowest BCUT2D eigenvalue weighted by atomic mass is 10.0. The number of thioether (sulfide) groups is 1. The molecular weight excluding hydrogens is 414 g/mol. The molecule has 1 aliphatic heterocycles. The summed E-state index contributed by atoms with van der Waals surface area (Å²) in [6.45, 7) is 1.51. The van der Waals surface area contributed by atoms with E-state index in [-0.39, 0.29) is 23.4 Å². The zero-order chi connectivity index (χ0) is 22.0. The van der Waals surface area contributed by atoms with Crippen molar-refractivity contribution in [1.82, 2.24) is 4.90 Å². The fourth-order valence-corrected chi connectivity index (χ4v) is 4.24. The molecule has 0 aromatic heterocycles. The highest BCUT2D eigenvalue weighted by Crippen LogP contribution is 2.36. The maximum atomic E-state index is 12.9. The molecular formula is C24H19NO5S. The molecule has 1 aliphatic rings. The molecule has 0 atom stereocenters. The molecule has 4 rings (SSSR count). The van der Waals surface area contributed by atoms with Crippen LogP contribution in [0.15, 0.2) is 65.6 Å². The molecule has 1 heterocycles. The number of imide groups is 1. The quantitative estimate of drug-likeness (QED) is 0.320. The number of hydrogen-bond acceptors (Lipinski definition) is 6. The number of carbonyl (C=O) groups excluding carboxylic acids is 3. The Morgan fingerprint density at radius 3 is 2.58 bits per heavy atom. The minimum atomic E-state index is -0.458. The number of ether oxygens (including phenoxy) is 2. The summed E-state index contributed by atoms with van der Waals surface area (Å²) in [5.41, 5.74) is 1.57. The van der Waals surface area contributed by atoms with Crippen molar-refractivity contribution < 1.29 is 23.9 Å². The summed E-state index contributed by atoms with van der Waals surface area (Å²) in [7, 11) is 1.46. The monoisotopic (exact) mass is 433 g/mol. The number of rotatable bonds is 5. The summed E-state index contributed by atoms with van der Waals surface area (Å²) in [5.74, 6) is -0.151. The second-order valence-electron chi connectivity index (χ2n) is 6.91. The van der Waals surface area contributed by atoms with Crippen LogP contribution in [0.5, 0.6) is 11.5 Å². The zero-order valence-electron chi connectivity index (χ0n) is 17.0. The van der Waals surface area contributed by atoms with Gasteiger partial charge in [0.2, 0.25) is 0 Å². The van der Waals surface area contributed by atoms with E-state index >= 15 is 0 Å². The molecule has 7 heteroatoms. The number of esters is 1. The maximum absolute atomic E-state index is 12.9. The number of methoxy groups -OCH3 is 1. The fraction of sp³-hybridized carbons (Fsp3) is 0.125. The Balaban J connectivity index is 1.59. The summed E-state index contributed by atoms with van der Waals surface area (Å²) in [4.78, 5) is 38.3. The van der Waals surface area contributed by atoms with Crippen LogP contribution < -0.4 is 9.47 Å². The first-order valence-corrected chi connectivity index (χ1v) is 10.4. The van der Waals surface area contributed by atoms with Gasteiger partial charge < -0.3 is 9.47 Å². The highest BCUT2D eigenvalue weighted by Gasteiger charge is 2.35. The fourth-order valence-electron chi connectivity index (χ4n) is 3.40. The number of carbonyl (C=O) groups is 3. The molecule has 31 heavy (non-hydrogen) atoms. The molecule has 0 aliphatic carbocycles. The molecule has 3 aromatic carbocycles. The van der Waals surface area contributed by atoms with Crippen molar-refractivity contribution >= 4 is 45.7 Å². The maximum Gasteiger partial charge on any atom is 0.308 e. The predicted molar refractivity (Wildman–Crippen MR) is 120 cm³/mol. The average Bonchev–Trinajstić information content (AvgIpc) is 3.02. The minimum Gasteiger partial charge on any atom is -0.493 e. The predicted octanol–water partition coefficient (Wildman–Crippen LogP) is 5.01. The lowest BCUT2D eigenvalue weighted by molar-refractivity contribution is -0.132. The first kappa shape index (κ1) is 20.7. The van der Waals surface area contributed by atoms with Gasteiger partial charge in [-0.1, -0.05) is 48.5 Å². The molecule has 2 amide bonds. The lowest BCUT2D eigenvalue weighted by Crippen LogP contribution is -2.27. The van der Waals surface area contributed by atoms with Crippen LogP contribution >= 0.6 is 11.8 Å². The molecule has 1 saturated heterocycles. The van der Waals surface area contributed by atoms with Crippen molar-refractivity contribution in [1.29, 1.82) is 0 Å². The van der Waals surface area contributed by atoms with Gasteiger partial charge in [0, 0.05) is 6.92 Å². The van der Waals surface area contributed by atoms with Crippen molar-refractivity contribution in [3.05, 3.63) is 76.7 Å². The highest BCUT2D eigenvalue weighted by molar-refractivity contribution is 8.18. The molecule has 0 radical (unpaired) electrons. The Bertz CT molecular complexity index is 1230. The second kappa shape index (κ2) is 8.65. The first-order chi connectivity index (χ1) is 15.0. The lowest BCUT2D eigenvalue weighted by Gasteiger charge is -2.14.